The molecule has 5 nitrogen and oxygen atoms in total. The average Bonchev–Trinajstić information content (AvgIpc) is 2.62. The van der Waals surface area contributed by atoms with Crippen molar-refractivity contribution >= 4 is 29.3 Å². The minimum atomic E-state index is -0.227. The lowest BCUT2D eigenvalue weighted by Crippen LogP contribution is -2.35. The van der Waals surface area contributed by atoms with Crippen molar-refractivity contribution in [3.63, 3.8) is 0 Å². The second kappa shape index (κ2) is 9.87. The molecule has 138 valence electrons. The number of hydrogen-bond donors (Lipinski definition) is 1. The largest absolute Gasteiger partial charge is 0.497 e. The van der Waals surface area contributed by atoms with Gasteiger partial charge in [-0.3, -0.25) is 9.59 Å². The van der Waals surface area contributed by atoms with Crippen molar-refractivity contribution in [1.82, 2.24) is 4.90 Å². The normalized spacial score (nSPS) is 10.3. The van der Waals surface area contributed by atoms with Gasteiger partial charge in [0.15, 0.2) is 0 Å². The van der Waals surface area contributed by atoms with E-state index in [1.807, 2.05) is 6.07 Å². The molecule has 2 aromatic carbocycles. The predicted molar refractivity (Wildman–Crippen MR) is 107 cm³/mol. The van der Waals surface area contributed by atoms with E-state index in [-0.39, 0.29) is 18.4 Å². The molecule has 0 aliphatic rings. The van der Waals surface area contributed by atoms with Crippen molar-refractivity contribution in [2.24, 2.45) is 0 Å². The molecule has 6 heteroatoms. The van der Waals surface area contributed by atoms with Crippen LogP contribution in [0.15, 0.2) is 48.5 Å². The van der Waals surface area contributed by atoms with E-state index in [1.54, 1.807) is 50.2 Å². The highest BCUT2D eigenvalue weighted by molar-refractivity contribution is 7.99. The van der Waals surface area contributed by atoms with Crippen LogP contribution in [0.25, 0.3) is 0 Å². The third kappa shape index (κ3) is 6.44. The zero-order valence-electron chi connectivity index (χ0n) is 15.3. The fourth-order valence-corrected chi connectivity index (χ4v) is 3.26. The summed E-state index contributed by atoms with van der Waals surface area (Å²) in [7, 11) is 3.23. The lowest BCUT2D eigenvalue weighted by molar-refractivity contribution is -0.131. The highest BCUT2D eigenvalue weighted by atomic mass is 32.2. The van der Waals surface area contributed by atoms with Crippen molar-refractivity contribution in [3.8, 4) is 5.75 Å². The first kappa shape index (κ1) is 19.8. The van der Waals surface area contributed by atoms with E-state index < -0.39 is 0 Å². The number of hydrogen-bond acceptors (Lipinski definition) is 4. The number of nitrogens with one attached hydrogen (secondary N) is 1. The SMILES string of the molecule is COc1ccc(NC(=O)CN(C)C(=O)CSCc2cccc(C)c2)cc1. The number of carbonyl (C=O) groups is 2. The molecule has 0 unspecified atom stereocenters. The van der Waals surface area contributed by atoms with Crippen LogP contribution in [-0.2, 0) is 15.3 Å². The Morgan fingerprint density at radius 3 is 2.54 bits per heavy atom. The average molecular weight is 372 g/mol. The summed E-state index contributed by atoms with van der Waals surface area (Å²) in [6.07, 6.45) is 0. The predicted octanol–water partition coefficient (Wildman–Crippen LogP) is 3.33. The maximum absolute atomic E-state index is 12.2. The molecule has 0 aliphatic heterocycles. The topological polar surface area (TPSA) is 58.6 Å². The fourth-order valence-electron chi connectivity index (χ4n) is 2.35. The monoisotopic (exact) mass is 372 g/mol. The zero-order valence-corrected chi connectivity index (χ0v) is 16.1. The number of anilines is 1. The molecule has 1 N–H and O–H groups in total. The Morgan fingerprint density at radius 2 is 1.88 bits per heavy atom. The van der Waals surface area contributed by atoms with E-state index in [9.17, 15) is 9.59 Å². The Bertz CT molecular complexity index is 747. The van der Waals surface area contributed by atoms with Crippen LogP contribution in [0, 0.1) is 6.92 Å². The van der Waals surface area contributed by atoms with Gasteiger partial charge in [-0.2, -0.15) is 0 Å². The lowest BCUT2D eigenvalue weighted by Gasteiger charge is -2.16. The van der Waals surface area contributed by atoms with Gasteiger partial charge in [0.05, 0.1) is 19.4 Å². The summed E-state index contributed by atoms with van der Waals surface area (Å²) in [5.74, 6) is 1.56. The number of thioether (sulfide) groups is 1. The number of methoxy groups -OCH3 is 1. The Morgan fingerprint density at radius 1 is 1.15 bits per heavy atom. The van der Waals surface area contributed by atoms with E-state index in [4.69, 9.17) is 4.74 Å². The quantitative estimate of drug-likeness (QED) is 0.772. The first-order valence-electron chi connectivity index (χ1n) is 8.29. The maximum Gasteiger partial charge on any atom is 0.243 e. The van der Waals surface area contributed by atoms with Crippen LogP contribution in [0.1, 0.15) is 11.1 Å². The molecular formula is C20H24N2O3S. The lowest BCUT2D eigenvalue weighted by atomic mass is 10.2. The third-order valence-corrected chi connectivity index (χ3v) is 4.75. The minimum Gasteiger partial charge on any atom is -0.497 e. The Kier molecular flexibility index (Phi) is 7.53. The molecule has 0 saturated carbocycles. The Labute approximate surface area is 158 Å². The van der Waals surface area contributed by atoms with Crippen LogP contribution in [0.2, 0.25) is 0 Å². The molecule has 26 heavy (non-hydrogen) atoms. The maximum atomic E-state index is 12.2. The van der Waals surface area contributed by atoms with E-state index >= 15 is 0 Å². The summed E-state index contributed by atoms with van der Waals surface area (Å²) in [6.45, 7) is 2.07. The van der Waals surface area contributed by atoms with Crippen molar-refractivity contribution in [3.05, 3.63) is 59.7 Å². The van der Waals surface area contributed by atoms with Gasteiger partial charge in [-0.05, 0) is 36.8 Å². The molecule has 2 rings (SSSR count). The molecule has 0 fully saturated rings. The summed E-state index contributed by atoms with van der Waals surface area (Å²) in [4.78, 5) is 25.7. The highest BCUT2D eigenvalue weighted by Gasteiger charge is 2.13. The molecule has 0 aromatic heterocycles. The molecule has 2 aromatic rings. The number of likely N-dealkylation sites (N-methyl/N-ethyl adjacent to an activating group) is 1. The first-order chi connectivity index (χ1) is 12.5. The molecule has 0 bridgehead atoms. The summed E-state index contributed by atoms with van der Waals surface area (Å²) >= 11 is 1.55. The summed E-state index contributed by atoms with van der Waals surface area (Å²) in [5.41, 5.74) is 3.08. The van der Waals surface area contributed by atoms with E-state index in [1.165, 1.54) is 16.0 Å². The number of aryl methyl sites for hydroxylation is 1. The minimum absolute atomic E-state index is 0.0237. The smallest absolute Gasteiger partial charge is 0.243 e. The van der Waals surface area contributed by atoms with Crippen LogP contribution in [0.4, 0.5) is 5.69 Å². The third-order valence-electron chi connectivity index (χ3n) is 3.76. The van der Waals surface area contributed by atoms with Crippen molar-refractivity contribution in [1.29, 1.82) is 0 Å². The standard InChI is InChI=1S/C20H24N2O3S/c1-15-5-4-6-16(11-15)13-26-14-20(24)22(2)12-19(23)21-17-7-9-18(25-3)10-8-17/h4-11H,12-14H2,1-3H3,(H,21,23). The van der Waals surface area contributed by atoms with Gasteiger partial charge in [0, 0.05) is 18.5 Å². The number of benzene rings is 2. The van der Waals surface area contributed by atoms with Crippen LogP contribution >= 0.6 is 11.8 Å². The summed E-state index contributed by atoms with van der Waals surface area (Å²) in [6, 6.07) is 15.3. The molecule has 0 atom stereocenters. The molecule has 2 amide bonds. The number of nitrogens with zero attached hydrogens (tertiary/aromatic N) is 1. The molecule has 0 saturated heterocycles. The van der Waals surface area contributed by atoms with Crippen LogP contribution in [0.5, 0.6) is 5.75 Å². The van der Waals surface area contributed by atoms with E-state index in [0.29, 0.717) is 11.4 Å². The van der Waals surface area contributed by atoms with Crippen LogP contribution in [-0.4, -0.2) is 43.2 Å². The van der Waals surface area contributed by atoms with E-state index in [0.717, 1.165) is 11.5 Å². The van der Waals surface area contributed by atoms with Gasteiger partial charge in [-0.25, -0.2) is 0 Å². The number of carbonyl (C=O) groups excluding carboxylic acids is 2. The second-order valence-electron chi connectivity index (χ2n) is 6.01. The highest BCUT2D eigenvalue weighted by Crippen LogP contribution is 2.15. The van der Waals surface area contributed by atoms with Crippen molar-refractivity contribution < 1.29 is 14.3 Å². The van der Waals surface area contributed by atoms with Crippen molar-refractivity contribution in [2.45, 2.75) is 12.7 Å². The molecular weight excluding hydrogens is 348 g/mol. The Hall–Kier alpha value is -2.47. The molecule has 0 spiro atoms. The molecule has 0 radical (unpaired) electrons. The second-order valence-corrected chi connectivity index (χ2v) is 6.99. The van der Waals surface area contributed by atoms with Gasteiger partial charge in [0.2, 0.25) is 11.8 Å². The molecule has 0 heterocycles. The van der Waals surface area contributed by atoms with Gasteiger partial charge in [0.1, 0.15) is 5.75 Å². The zero-order chi connectivity index (χ0) is 18.9. The van der Waals surface area contributed by atoms with E-state index in [2.05, 4.69) is 30.4 Å². The van der Waals surface area contributed by atoms with Gasteiger partial charge in [-0.1, -0.05) is 29.8 Å². The molecule has 0 aliphatic carbocycles. The van der Waals surface area contributed by atoms with Crippen LogP contribution < -0.4 is 10.1 Å². The van der Waals surface area contributed by atoms with Gasteiger partial charge < -0.3 is 15.0 Å². The number of amides is 2. The van der Waals surface area contributed by atoms with Gasteiger partial charge in [0.25, 0.3) is 0 Å². The fraction of sp³-hybridized carbons (Fsp3) is 0.300. The first-order valence-corrected chi connectivity index (χ1v) is 9.44. The van der Waals surface area contributed by atoms with Crippen molar-refractivity contribution in [2.75, 3.05) is 31.8 Å². The van der Waals surface area contributed by atoms with Crippen LogP contribution in [0.3, 0.4) is 0 Å². The Balaban J connectivity index is 1.74. The summed E-state index contributed by atoms with van der Waals surface area (Å²) in [5, 5.41) is 2.77. The number of rotatable bonds is 8. The van der Waals surface area contributed by atoms with Gasteiger partial charge in [-0.15, -0.1) is 11.8 Å². The summed E-state index contributed by atoms with van der Waals surface area (Å²) < 4.78 is 5.08. The van der Waals surface area contributed by atoms with Gasteiger partial charge >= 0.3 is 0 Å². The number of ether oxygens (including phenoxy) is 1.